The van der Waals surface area contributed by atoms with Crippen molar-refractivity contribution in [1.29, 1.82) is 0 Å². The summed E-state index contributed by atoms with van der Waals surface area (Å²) in [5, 5.41) is 8.07. The second kappa shape index (κ2) is 8.93. The first kappa shape index (κ1) is 20.4. The SMILES string of the molecule is CCOc1ccc(C2SCC(=O)Nc3c2c(-c2ccccc2)nn3-c2ccccc2)cc1. The number of para-hydroxylation sites is 1. The maximum Gasteiger partial charge on any atom is 0.235 e. The van der Waals surface area contributed by atoms with E-state index in [0.717, 1.165) is 39.6 Å². The van der Waals surface area contributed by atoms with Gasteiger partial charge in [-0.15, -0.1) is 11.8 Å². The molecule has 1 N–H and O–H groups in total. The molecule has 1 aromatic heterocycles. The van der Waals surface area contributed by atoms with Crippen LogP contribution < -0.4 is 10.1 Å². The van der Waals surface area contributed by atoms with Gasteiger partial charge in [0.15, 0.2) is 0 Å². The van der Waals surface area contributed by atoms with Crippen molar-refractivity contribution in [3.8, 4) is 22.7 Å². The Morgan fingerprint density at radius 1 is 1.00 bits per heavy atom. The van der Waals surface area contributed by atoms with E-state index in [9.17, 15) is 4.79 Å². The van der Waals surface area contributed by atoms with Crippen LogP contribution in [-0.4, -0.2) is 28.0 Å². The lowest BCUT2D eigenvalue weighted by Gasteiger charge is -2.17. The summed E-state index contributed by atoms with van der Waals surface area (Å²) in [4.78, 5) is 12.7. The van der Waals surface area contributed by atoms with E-state index in [1.165, 1.54) is 0 Å². The highest BCUT2D eigenvalue weighted by Crippen LogP contribution is 2.47. The number of nitrogens with one attached hydrogen (secondary N) is 1. The van der Waals surface area contributed by atoms with Crippen LogP contribution in [-0.2, 0) is 4.79 Å². The molecule has 1 unspecified atom stereocenters. The number of carbonyl (C=O) groups excluding carboxylic acids is 1. The van der Waals surface area contributed by atoms with Crippen LogP contribution in [0.2, 0.25) is 0 Å². The maximum atomic E-state index is 12.7. The van der Waals surface area contributed by atoms with Crippen molar-refractivity contribution in [2.45, 2.75) is 12.2 Å². The molecule has 160 valence electrons. The lowest BCUT2D eigenvalue weighted by Crippen LogP contribution is -2.15. The number of amides is 1. The third-order valence-corrected chi connectivity index (χ3v) is 6.64. The Hall–Kier alpha value is -3.51. The molecule has 2 heterocycles. The molecule has 6 heteroatoms. The zero-order chi connectivity index (χ0) is 21.9. The second-order valence-electron chi connectivity index (χ2n) is 7.47. The van der Waals surface area contributed by atoms with Crippen molar-refractivity contribution in [2.24, 2.45) is 0 Å². The van der Waals surface area contributed by atoms with E-state index in [4.69, 9.17) is 9.84 Å². The molecular weight excluding hydrogens is 418 g/mol. The first-order valence-corrected chi connectivity index (χ1v) is 11.7. The van der Waals surface area contributed by atoms with Crippen LogP contribution in [0.25, 0.3) is 16.9 Å². The highest BCUT2D eigenvalue weighted by Gasteiger charge is 2.32. The van der Waals surface area contributed by atoms with Crippen LogP contribution in [0, 0.1) is 0 Å². The van der Waals surface area contributed by atoms with Crippen LogP contribution in [0.4, 0.5) is 5.82 Å². The topological polar surface area (TPSA) is 56.1 Å². The summed E-state index contributed by atoms with van der Waals surface area (Å²) >= 11 is 1.62. The normalized spacial score (nSPS) is 15.5. The molecule has 32 heavy (non-hydrogen) atoms. The number of anilines is 1. The van der Waals surface area contributed by atoms with Gasteiger partial charge in [-0.3, -0.25) is 4.79 Å². The highest BCUT2D eigenvalue weighted by atomic mass is 32.2. The lowest BCUT2D eigenvalue weighted by molar-refractivity contribution is -0.113. The molecule has 3 aromatic carbocycles. The van der Waals surface area contributed by atoms with Crippen molar-refractivity contribution in [2.75, 3.05) is 17.7 Å². The van der Waals surface area contributed by atoms with Crippen molar-refractivity contribution in [1.82, 2.24) is 9.78 Å². The van der Waals surface area contributed by atoms with Gasteiger partial charge >= 0.3 is 0 Å². The molecule has 0 bridgehead atoms. The van der Waals surface area contributed by atoms with Crippen LogP contribution in [0.1, 0.15) is 23.3 Å². The van der Waals surface area contributed by atoms with E-state index in [-0.39, 0.29) is 11.2 Å². The molecule has 0 aliphatic carbocycles. The number of thioether (sulfide) groups is 1. The van der Waals surface area contributed by atoms with Gasteiger partial charge in [0, 0.05) is 11.1 Å². The van der Waals surface area contributed by atoms with Crippen molar-refractivity contribution < 1.29 is 9.53 Å². The Kier molecular flexibility index (Phi) is 5.69. The van der Waals surface area contributed by atoms with Gasteiger partial charge in [-0.25, -0.2) is 4.68 Å². The maximum absolute atomic E-state index is 12.7. The number of aromatic nitrogens is 2. The summed E-state index contributed by atoms with van der Waals surface area (Å²) in [6.07, 6.45) is 0. The minimum absolute atomic E-state index is 0.0265. The highest BCUT2D eigenvalue weighted by molar-refractivity contribution is 8.00. The summed E-state index contributed by atoms with van der Waals surface area (Å²) < 4.78 is 7.47. The molecule has 4 aromatic rings. The largest absolute Gasteiger partial charge is 0.494 e. The predicted molar refractivity (Wildman–Crippen MR) is 130 cm³/mol. The van der Waals surface area contributed by atoms with Gasteiger partial charge in [-0.05, 0) is 36.8 Å². The molecule has 0 saturated heterocycles. The molecule has 0 radical (unpaired) electrons. The number of hydrogen-bond acceptors (Lipinski definition) is 4. The van der Waals surface area contributed by atoms with Crippen molar-refractivity contribution >= 4 is 23.5 Å². The fourth-order valence-electron chi connectivity index (χ4n) is 3.94. The minimum atomic E-state index is -0.0488. The van der Waals surface area contributed by atoms with E-state index in [2.05, 4.69) is 29.6 Å². The zero-order valence-electron chi connectivity index (χ0n) is 17.7. The summed E-state index contributed by atoms with van der Waals surface area (Å²) in [7, 11) is 0. The summed E-state index contributed by atoms with van der Waals surface area (Å²) in [6, 6.07) is 28.2. The Morgan fingerprint density at radius 2 is 1.69 bits per heavy atom. The number of fused-ring (bicyclic) bond motifs is 1. The molecule has 1 aliphatic heterocycles. The fourth-order valence-corrected chi connectivity index (χ4v) is 5.07. The summed E-state index contributed by atoms with van der Waals surface area (Å²) in [5.41, 5.74) is 4.92. The fraction of sp³-hybridized carbons (Fsp3) is 0.154. The van der Waals surface area contributed by atoms with Crippen LogP contribution in [0.15, 0.2) is 84.9 Å². The molecular formula is C26H23N3O2S. The Balaban J connectivity index is 1.72. The molecule has 0 fully saturated rings. The van der Waals surface area contributed by atoms with Crippen LogP contribution >= 0.6 is 11.8 Å². The monoisotopic (exact) mass is 441 g/mol. The minimum Gasteiger partial charge on any atom is -0.494 e. The van der Waals surface area contributed by atoms with Crippen LogP contribution in [0.5, 0.6) is 5.75 Å². The average Bonchev–Trinajstić information content (AvgIpc) is 3.11. The second-order valence-corrected chi connectivity index (χ2v) is 8.56. The summed E-state index contributed by atoms with van der Waals surface area (Å²) in [5.74, 6) is 1.91. The Morgan fingerprint density at radius 3 is 2.38 bits per heavy atom. The van der Waals surface area contributed by atoms with E-state index in [0.29, 0.717) is 12.4 Å². The third kappa shape index (κ3) is 3.89. The van der Waals surface area contributed by atoms with E-state index < -0.39 is 0 Å². The van der Waals surface area contributed by atoms with Gasteiger partial charge in [-0.2, -0.15) is 5.10 Å². The van der Waals surface area contributed by atoms with Crippen molar-refractivity contribution in [3.05, 3.63) is 96.1 Å². The van der Waals surface area contributed by atoms with Gasteiger partial charge in [0.25, 0.3) is 0 Å². The molecule has 5 rings (SSSR count). The van der Waals surface area contributed by atoms with Gasteiger partial charge in [-0.1, -0.05) is 60.7 Å². The van der Waals surface area contributed by atoms with E-state index >= 15 is 0 Å². The van der Waals surface area contributed by atoms with Gasteiger partial charge in [0.2, 0.25) is 5.91 Å². The zero-order valence-corrected chi connectivity index (χ0v) is 18.5. The smallest absolute Gasteiger partial charge is 0.235 e. The number of hydrogen-bond donors (Lipinski definition) is 1. The molecule has 1 amide bonds. The number of rotatable bonds is 5. The van der Waals surface area contributed by atoms with E-state index in [1.54, 1.807) is 11.8 Å². The predicted octanol–water partition coefficient (Wildman–Crippen LogP) is 5.71. The number of benzene rings is 3. The molecule has 5 nitrogen and oxygen atoms in total. The Bertz CT molecular complexity index is 1220. The molecule has 1 atom stereocenters. The summed E-state index contributed by atoms with van der Waals surface area (Å²) in [6.45, 7) is 2.60. The third-order valence-electron chi connectivity index (χ3n) is 5.36. The standard InChI is InChI=1S/C26H23N3O2S/c1-2-31-21-15-13-19(14-16-21)25-23-24(18-9-5-3-6-10-18)28-29(20-11-7-4-8-12-20)26(23)27-22(30)17-32-25/h3-16,25H,2,17H2,1H3,(H,27,30). The first-order valence-electron chi connectivity index (χ1n) is 10.6. The van der Waals surface area contributed by atoms with E-state index in [1.807, 2.05) is 72.3 Å². The lowest BCUT2D eigenvalue weighted by atomic mass is 10.00. The van der Waals surface area contributed by atoms with Crippen LogP contribution in [0.3, 0.4) is 0 Å². The van der Waals surface area contributed by atoms with Gasteiger partial charge in [0.1, 0.15) is 11.6 Å². The average molecular weight is 442 g/mol. The number of ether oxygens (including phenoxy) is 1. The molecule has 1 aliphatic rings. The number of carbonyl (C=O) groups is 1. The molecule has 0 saturated carbocycles. The first-order chi connectivity index (χ1) is 15.7. The van der Waals surface area contributed by atoms with Gasteiger partial charge < -0.3 is 10.1 Å². The molecule has 0 spiro atoms. The Labute approximate surface area is 191 Å². The van der Waals surface area contributed by atoms with Gasteiger partial charge in [0.05, 0.1) is 29.0 Å². The van der Waals surface area contributed by atoms with Crippen molar-refractivity contribution in [3.63, 3.8) is 0 Å². The number of nitrogens with zero attached hydrogens (tertiary/aromatic N) is 2. The quantitative estimate of drug-likeness (QED) is 0.431.